The molecule has 0 fully saturated rings. The molecule has 1 aliphatic rings. The lowest BCUT2D eigenvalue weighted by Gasteiger charge is -2.20. The van der Waals surface area contributed by atoms with Crippen LogP contribution in [0.1, 0.15) is 19.8 Å². The molecule has 110 valence electrons. The SMILES string of the molecule is CCOC(=O)C1=CCC(=CN(C)c2ccccc2)CC1=N. The minimum absolute atomic E-state index is 0.326. The highest BCUT2D eigenvalue weighted by Crippen LogP contribution is 2.23. The minimum Gasteiger partial charge on any atom is -0.462 e. The molecule has 1 aromatic carbocycles. The van der Waals surface area contributed by atoms with Gasteiger partial charge in [0.1, 0.15) is 0 Å². The van der Waals surface area contributed by atoms with Crippen molar-refractivity contribution in [2.75, 3.05) is 18.6 Å². The van der Waals surface area contributed by atoms with E-state index in [1.54, 1.807) is 13.0 Å². The maximum atomic E-state index is 11.7. The third-order valence-corrected chi connectivity index (χ3v) is 3.33. The van der Waals surface area contributed by atoms with Gasteiger partial charge < -0.3 is 15.0 Å². The van der Waals surface area contributed by atoms with Crippen LogP contribution in [0.15, 0.2) is 53.8 Å². The number of ether oxygens (including phenoxy) is 1. The molecule has 0 atom stereocenters. The molecule has 2 rings (SSSR count). The van der Waals surface area contributed by atoms with Crippen LogP contribution < -0.4 is 4.90 Å². The standard InChI is InChI=1S/C17H20N2O2/c1-3-21-17(20)15-10-9-13(11-16(15)18)12-19(2)14-7-5-4-6-8-14/h4-8,10,12,18H,3,9,11H2,1-2H3. The second-order valence-corrected chi connectivity index (χ2v) is 4.93. The zero-order valence-electron chi connectivity index (χ0n) is 12.4. The van der Waals surface area contributed by atoms with E-state index >= 15 is 0 Å². The van der Waals surface area contributed by atoms with E-state index in [1.165, 1.54) is 0 Å². The zero-order chi connectivity index (χ0) is 15.2. The number of benzene rings is 1. The van der Waals surface area contributed by atoms with Gasteiger partial charge in [-0.3, -0.25) is 0 Å². The van der Waals surface area contributed by atoms with Crippen LogP contribution in [0.3, 0.4) is 0 Å². The number of para-hydroxylation sites is 1. The number of rotatable bonds is 4. The first kappa shape index (κ1) is 15.0. The molecule has 0 bridgehead atoms. The molecule has 0 radical (unpaired) electrons. The topological polar surface area (TPSA) is 53.4 Å². The van der Waals surface area contributed by atoms with Gasteiger partial charge in [-0.2, -0.15) is 0 Å². The number of nitrogens with zero attached hydrogens (tertiary/aromatic N) is 1. The van der Waals surface area contributed by atoms with Gasteiger partial charge in [-0.25, -0.2) is 4.79 Å². The third kappa shape index (κ3) is 3.81. The average Bonchev–Trinajstić information content (AvgIpc) is 2.48. The van der Waals surface area contributed by atoms with E-state index in [4.69, 9.17) is 10.1 Å². The average molecular weight is 284 g/mol. The monoisotopic (exact) mass is 284 g/mol. The molecule has 0 saturated heterocycles. The lowest BCUT2D eigenvalue weighted by Crippen LogP contribution is -2.20. The zero-order valence-corrected chi connectivity index (χ0v) is 12.4. The predicted octanol–water partition coefficient (Wildman–Crippen LogP) is 3.31. The second kappa shape index (κ2) is 6.88. The Balaban J connectivity index is 2.09. The Morgan fingerprint density at radius 3 is 2.71 bits per heavy atom. The van der Waals surface area contributed by atoms with Crippen molar-refractivity contribution in [2.45, 2.75) is 19.8 Å². The lowest BCUT2D eigenvalue weighted by atomic mass is 9.93. The first-order chi connectivity index (χ1) is 10.1. The summed E-state index contributed by atoms with van der Waals surface area (Å²) in [5.74, 6) is -0.391. The van der Waals surface area contributed by atoms with Crippen LogP contribution >= 0.6 is 0 Å². The molecular formula is C17H20N2O2. The van der Waals surface area contributed by atoms with Gasteiger partial charge in [0.25, 0.3) is 0 Å². The molecular weight excluding hydrogens is 264 g/mol. The van der Waals surface area contributed by atoms with Crippen molar-refractivity contribution in [3.8, 4) is 0 Å². The predicted molar refractivity (Wildman–Crippen MR) is 84.6 cm³/mol. The van der Waals surface area contributed by atoms with Gasteiger partial charge in [0.05, 0.1) is 12.2 Å². The first-order valence-corrected chi connectivity index (χ1v) is 7.04. The summed E-state index contributed by atoms with van der Waals surface area (Å²) in [4.78, 5) is 13.7. The number of esters is 1. The molecule has 0 spiro atoms. The molecule has 4 heteroatoms. The van der Waals surface area contributed by atoms with E-state index in [1.807, 2.05) is 48.5 Å². The molecule has 0 unspecified atom stereocenters. The van der Waals surface area contributed by atoms with E-state index in [2.05, 4.69) is 0 Å². The molecule has 0 saturated carbocycles. The second-order valence-electron chi connectivity index (χ2n) is 4.93. The molecule has 21 heavy (non-hydrogen) atoms. The van der Waals surface area contributed by atoms with Crippen LogP contribution in [-0.2, 0) is 9.53 Å². The molecule has 4 nitrogen and oxygen atoms in total. The molecule has 0 aliphatic heterocycles. The molecule has 1 N–H and O–H groups in total. The van der Waals surface area contributed by atoms with Crippen molar-refractivity contribution in [3.05, 3.63) is 53.8 Å². The van der Waals surface area contributed by atoms with Crippen LogP contribution in [0.5, 0.6) is 0 Å². The largest absolute Gasteiger partial charge is 0.462 e. The Kier molecular flexibility index (Phi) is 4.93. The number of hydrogen-bond acceptors (Lipinski definition) is 4. The van der Waals surface area contributed by atoms with Gasteiger partial charge in [-0.1, -0.05) is 24.3 Å². The molecule has 0 amide bonds. The van der Waals surface area contributed by atoms with Gasteiger partial charge >= 0.3 is 5.97 Å². The number of carbonyl (C=O) groups is 1. The van der Waals surface area contributed by atoms with Crippen LogP contribution in [0.25, 0.3) is 0 Å². The van der Waals surface area contributed by atoms with Crippen LogP contribution in [0, 0.1) is 5.41 Å². The summed E-state index contributed by atoms with van der Waals surface area (Å²) in [7, 11) is 1.98. The number of anilines is 1. The quantitative estimate of drug-likeness (QED) is 0.863. The van der Waals surface area contributed by atoms with Crippen molar-refractivity contribution < 1.29 is 9.53 Å². The van der Waals surface area contributed by atoms with Crippen molar-refractivity contribution in [2.24, 2.45) is 0 Å². The van der Waals surface area contributed by atoms with Crippen molar-refractivity contribution in [3.63, 3.8) is 0 Å². The molecule has 1 aliphatic carbocycles. The lowest BCUT2D eigenvalue weighted by molar-refractivity contribution is -0.137. The third-order valence-electron chi connectivity index (χ3n) is 3.33. The van der Waals surface area contributed by atoms with E-state index in [-0.39, 0.29) is 0 Å². The summed E-state index contributed by atoms with van der Waals surface area (Å²) in [6.07, 6.45) is 4.98. The summed E-state index contributed by atoms with van der Waals surface area (Å²) < 4.78 is 4.96. The number of carbonyl (C=O) groups excluding carboxylic acids is 1. The Hall–Kier alpha value is -2.36. The van der Waals surface area contributed by atoms with E-state index in [0.29, 0.717) is 30.7 Å². The maximum absolute atomic E-state index is 11.7. The molecule has 0 aromatic heterocycles. The fourth-order valence-corrected chi connectivity index (χ4v) is 2.28. The fraction of sp³-hybridized carbons (Fsp3) is 0.294. The summed E-state index contributed by atoms with van der Waals surface area (Å²) in [6.45, 7) is 2.11. The number of nitrogens with one attached hydrogen (secondary N) is 1. The smallest absolute Gasteiger partial charge is 0.339 e. The van der Waals surface area contributed by atoms with E-state index in [0.717, 1.165) is 11.3 Å². The van der Waals surface area contributed by atoms with E-state index < -0.39 is 5.97 Å². The maximum Gasteiger partial charge on any atom is 0.339 e. The highest BCUT2D eigenvalue weighted by Gasteiger charge is 2.21. The minimum atomic E-state index is -0.391. The van der Waals surface area contributed by atoms with Gasteiger partial charge in [0.15, 0.2) is 0 Å². The van der Waals surface area contributed by atoms with Gasteiger partial charge in [-0.15, -0.1) is 0 Å². The van der Waals surface area contributed by atoms with Crippen molar-refractivity contribution in [1.29, 1.82) is 5.41 Å². The highest BCUT2D eigenvalue weighted by atomic mass is 16.5. The summed E-state index contributed by atoms with van der Waals surface area (Å²) in [6, 6.07) is 10.0. The summed E-state index contributed by atoms with van der Waals surface area (Å²) in [5.41, 5.74) is 2.93. The summed E-state index contributed by atoms with van der Waals surface area (Å²) in [5, 5.41) is 8.01. The van der Waals surface area contributed by atoms with Gasteiger partial charge in [-0.05, 0) is 31.1 Å². The van der Waals surface area contributed by atoms with Crippen molar-refractivity contribution >= 4 is 17.4 Å². The van der Waals surface area contributed by atoms with Crippen LogP contribution in [0.2, 0.25) is 0 Å². The Bertz CT molecular complexity index is 588. The molecule has 1 aromatic rings. The van der Waals surface area contributed by atoms with Crippen molar-refractivity contribution in [1.82, 2.24) is 0 Å². The highest BCUT2D eigenvalue weighted by molar-refractivity contribution is 6.19. The Labute approximate surface area is 125 Å². The Morgan fingerprint density at radius 2 is 2.10 bits per heavy atom. The van der Waals surface area contributed by atoms with E-state index in [9.17, 15) is 4.79 Å². The van der Waals surface area contributed by atoms with Gasteiger partial charge in [0, 0.05) is 31.1 Å². The summed E-state index contributed by atoms with van der Waals surface area (Å²) >= 11 is 0. The number of allylic oxidation sites excluding steroid dienone is 2. The first-order valence-electron chi connectivity index (χ1n) is 7.04. The molecule has 0 heterocycles. The van der Waals surface area contributed by atoms with Crippen LogP contribution in [-0.4, -0.2) is 25.3 Å². The number of hydrogen-bond donors (Lipinski definition) is 1. The fourth-order valence-electron chi connectivity index (χ4n) is 2.28. The Morgan fingerprint density at radius 1 is 1.38 bits per heavy atom. The van der Waals surface area contributed by atoms with Crippen LogP contribution in [0.4, 0.5) is 5.69 Å². The van der Waals surface area contributed by atoms with Gasteiger partial charge in [0.2, 0.25) is 0 Å². The normalized spacial score (nSPS) is 16.6.